The van der Waals surface area contributed by atoms with Crippen molar-refractivity contribution in [2.45, 2.75) is 10.9 Å². The van der Waals surface area contributed by atoms with E-state index in [4.69, 9.17) is 14.2 Å². The first-order chi connectivity index (χ1) is 11.3. The van der Waals surface area contributed by atoms with Crippen LogP contribution in [0.25, 0.3) is 11.0 Å². The number of rotatable bonds is 4. The predicted molar refractivity (Wildman–Crippen MR) is 87.4 cm³/mol. The molecule has 0 aliphatic carbocycles. The van der Waals surface area contributed by atoms with E-state index in [-0.39, 0.29) is 0 Å². The lowest BCUT2D eigenvalue weighted by molar-refractivity contribution is 0.172. The van der Waals surface area contributed by atoms with Crippen molar-refractivity contribution in [3.63, 3.8) is 0 Å². The topological polar surface area (TPSA) is 69.3 Å². The van der Waals surface area contributed by atoms with Crippen LogP contribution in [0.2, 0.25) is 0 Å². The molecular formula is C16H15N3O3S. The molecule has 23 heavy (non-hydrogen) atoms. The highest BCUT2D eigenvalue weighted by molar-refractivity contribution is 7.98. The lowest BCUT2D eigenvalue weighted by atomic mass is 10.2. The number of ether oxygens (including phenoxy) is 3. The number of aromatic nitrogens is 3. The van der Waals surface area contributed by atoms with Crippen LogP contribution in [-0.2, 0) is 5.75 Å². The smallest absolute Gasteiger partial charge is 0.166 e. The Kier molecular flexibility index (Phi) is 3.70. The van der Waals surface area contributed by atoms with Gasteiger partial charge in [0, 0.05) is 30.1 Å². The van der Waals surface area contributed by atoms with Gasteiger partial charge in [0.25, 0.3) is 0 Å². The zero-order valence-corrected chi connectivity index (χ0v) is 13.4. The van der Waals surface area contributed by atoms with Crippen LogP contribution in [0.3, 0.4) is 0 Å². The van der Waals surface area contributed by atoms with Crippen molar-refractivity contribution in [1.29, 1.82) is 0 Å². The van der Waals surface area contributed by atoms with E-state index in [1.54, 1.807) is 25.1 Å². The van der Waals surface area contributed by atoms with Gasteiger partial charge in [0.15, 0.2) is 16.7 Å². The SMILES string of the molecule is COc1ccnc(CSc2nc3cc4c(cc3[nH]2)OCCO4)c1. The average Bonchev–Trinajstić information content (AvgIpc) is 2.99. The summed E-state index contributed by atoms with van der Waals surface area (Å²) in [5, 5.41) is 0.840. The van der Waals surface area contributed by atoms with Crippen LogP contribution >= 0.6 is 11.8 Å². The molecule has 0 amide bonds. The number of pyridine rings is 1. The quantitative estimate of drug-likeness (QED) is 0.742. The fourth-order valence-electron chi connectivity index (χ4n) is 2.40. The Balaban J connectivity index is 1.54. The van der Waals surface area contributed by atoms with Crippen LogP contribution in [0.1, 0.15) is 5.69 Å². The third-order valence-corrected chi connectivity index (χ3v) is 4.41. The van der Waals surface area contributed by atoms with E-state index in [0.29, 0.717) is 19.0 Å². The number of imidazole rings is 1. The van der Waals surface area contributed by atoms with Crippen molar-refractivity contribution in [2.24, 2.45) is 0 Å². The fourth-order valence-corrected chi connectivity index (χ4v) is 3.18. The van der Waals surface area contributed by atoms with Gasteiger partial charge in [-0.1, -0.05) is 11.8 Å². The van der Waals surface area contributed by atoms with E-state index >= 15 is 0 Å². The minimum absolute atomic E-state index is 0.575. The van der Waals surface area contributed by atoms with Gasteiger partial charge >= 0.3 is 0 Å². The molecule has 118 valence electrons. The molecule has 0 saturated heterocycles. The second-order valence-corrected chi connectivity index (χ2v) is 5.99. The maximum absolute atomic E-state index is 5.59. The zero-order valence-electron chi connectivity index (χ0n) is 12.5. The maximum atomic E-state index is 5.59. The van der Waals surface area contributed by atoms with Crippen LogP contribution in [0.4, 0.5) is 0 Å². The molecule has 0 radical (unpaired) electrons. The molecule has 0 unspecified atom stereocenters. The summed E-state index contributed by atoms with van der Waals surface area (Å²) >= 11 is 1.59. The molecule has 4 rings (SSSR count). The number of methoxy groups -OCH3 is 1. The summed E-state index contributed by atoms with van der Waals surface area (Å²) < 4.78 is 16.4. The molecule has 0 spiro atoms. The second-order valence-electron chi connectivity index (χ2n) is 5.03. The zero-order chi connectivity index (χ0) is 15.6. The van der Waals surface area contributed by atoms with Crippen LogP contribution < -0.4 is 14.2 Å². The molecule has 1 aliphatic heterocycles. The van der Waals surface area contributed by atoms with Crippen molar-refractivity contribution in [2.75, 3.05) is 20.3 Å². The van der Waals surface area contributed by atoms with Crippen molar-refractivity contribution in [3.8, 4) is 17.2 Å². The number of benzene rings is 1. The third kappa shape index (κ3) is 2.92. The van der Waals surface area contributed by atoms with Crippen molar-refractivity contribution < 1.29 is 14.2 Å². The monoisotopic (exact) mass is 329 g/mol. The van der Waals surface area contributed by atoms with Gasteiger partial charge in [-0.25, -0.2) is 4.98 Å². The Morgan fingerprint density at radius 3 is 2.87 bits per heavy atom. The molecule has 1 aliphatic rings. The van der Waals surface area contributed by atoms with Gasteiger partial charge in [0.1, 0.15) is 19.0 Å². The van der Waals surface area contributed by atoms with E-state index in [0.717, 1.165) is 39.1 Å². The Morgan fingerprint density at radius 2 is 2.04 bits per heavy atom. The molecule has 1 N–H and O–H groups in total. The Hall–Kier alpha value is -2.41. The second kappa shape index (κ2) is 6.00. The first kappa shape index (κ1) is 14.2. The van der Waals surface area contributed by atoms with Crippen LogP contribution in [0, 0.1) is 0 Å². The van der Waals surface area contributed by atoms with Crippen molar-refractivity contribution in [1.82, 2.24) is 15.0 Å². The number of hydrogen-bond donors (Lipinski definition) is 1. The standard InChI is InChI=1S/C16H15N3O3S/c1-20-11-2-3-17-10(6-11)9-23-16-18-12-7-14-15(8-13(12)19-16)22-5-4-21-14/h2-3,6-8H,4-5,9H2,1H3,(H,18,19). The lowest BCUT2D eigenvalue weighted by Crippen LogP contribution is -2.15. The number of fused-ring (bicyclic) bond motifs is 2. The summed E-state index contributed by atoms with van der Waals surface area (Å²) in [5.74, 6) is 3.03. The molecule has 1 aromatic carbocycles. The molecule has 7 heteroatoms. The van der Waals surface area contributed by atoms with E-state index in [1.807, 2.05) is 24.3 Å². The molecule has 0 saturated carbocycles. The minimum Gasteiger partial charge on any atom is -0.497 e. The molecule has 6 nitrogen and oxygen atoms in total. The van der Waals surface area contributed by atoms with Gasteiger partial charge in [-0.3, -0.25) is 4.98 Å². The third-order valence-electron chi connectivity index (χ3n) is 3.50. The van der Waals surface area contributed by atoms with Gasteiger partial charge < -0.3 is 19.2 Å². The van der Waals surface area contributed by atoms with E-state index in [9.17, 15) is 0 Å². The lowest BCUT2D eigenvalue weighted by Gasteiger charge is -2.17. The first-order valence-electron chi connectivity index (χ1n) is 7.23. The van der Waals surface area contributed by atoms with E-state index in [1.165, 1.54) is 0 Å². The number of nitrogens with one attached hydrogen (secondary N) is 1. The maximum Gasteiger partial charge on any atom is 0.166 e. The van der Waals surface area contributed by atoms with Gasteiger partial charge in [0.05, 0.1) is 23.8 Å². The van der Waals surface area contributed by atoms with Crippen LogP contribution in [-0.4, -0.2) is 35.3 Å². The number of nitrogens with zero attached hydrogens (tertiary/aromatic N) is 2. The van der Waals surface area contributed by atoms with E-state index in [2.05, 4.69) is 15.0 Å². The number of hydrogen-bond acceptors (Lipinski definition) is 6. The number of aromatic amines is 1. The summed E-state index contributed by atoms with van der Waals surface area (Å²) in [4.78, 5) is 12.2. The Morgan fingerprint density at radius 1 is 1.22 bits per heavy atom. The predicted octanol–water partition coefficient (Wildman–Crippen LogP) is 3.03. The van der Waals surface area contributed by atoms with Crippen molar-refractivity contribution in [3.05, 3.63) is 36.2 Å². The normalized spacial score (nSPS) is 13.3. The first-order valence-corrected chi connectivity index (χ1v) is 8.21. The molecule has 2 aromatic heterocycles. The van der Waals surface area contributed by atoms with Crippen LogP contribution in [0.15, 0.2) is 35.6 Å². The molecule has 3 aromatic rings. The van der Waals surface area contributed by atoms with Gasteiger partial charge in [-0.2, -0.15) is 0 Å². The molecular weight excluding hydrogens is 314 g/mol. The molecule has 0 fully saturated rings. The summed E-state index contributed by atoms with van der Waals surface area (Å²) in [5.41, 5.74) is 2.76. The molecule has 3 heterocycles. The average molecular weight is 329 g/mol. The number of thioether (sulfide) groups is 1. The summed E-state index contributed by atoms with van der Waals surface area (Å²) in [6.07, 6.45) is 1.75. The molecule has 0 atom stereocenters. The summed E-state index contributed by atoms with van der Waals surface area (Å²) in [6.45, 7) is 1.15. The Bertz CT molecular complexity index is 807. The summed E-state index contributed by atoms with van der Waals surface area (Å²) in [7, 11) is 1.65. The molecule has 0 bridgehead atoms. The van der Waals surface area contributed by atoms with Gasteiger partial charge in [0.2, 0.25) is 0 Å². The highest BCUT2D eigenvalue weighted by Crippen LogP contribution is 2.34. The largest absolute Gasteiger partial charge is 0.497 e. The van der Waals surface area contributed by atoms with Gasteiger partial charge in [-0.15, -0.1) is 0 Å². The minimum atomic E-state index is 0.575. The van der Waals surface area contributed by atoms with Crippen LogP contribution in [0.5, 0.6) is 17.2 Å². The van der Waals surface area contributed by atoms with Crippen molar-refractivity contribution >= 4 is 22.8 Å². The van der Waals surface area contributed by atoms with Gasteiger partial charge in [-0.05, 0) is 6.07 Å². The fraction of sp³-hybridized carbons (Fsp3) is 0.250. The highest BCUT2D eigenvalue weighted by atomic mass is 32.2. The highest BCUT2D eigenvalue weighted by Gasteiger charge is 2.15. The summed E-state index contributed by atoms with van der Waals surface area (Å²) in [6, 6.07) is 7.61. The Labute approximate surface area is 137 Å². The van der Waals surface area contributed by atoms with E-state index < -0.39 is 0 Å². The number of H-pyrrole nitrogens is 1.